The number of nitrogens with zero attached hydrogens (tertiary/aromatic N) is 3. The molecular weight excluding hydrogens is 250 g/mol. The molecule has 0 aliphatic rings. The van der Waals surface area contributed by atoms with Crippen LogP contribution in [0.5, 0.6) is 0 Å². The molecular formula is C15H19N5. The fraction of sp³-hybridized carbons (Fsp3) is 0.333. The van der Waals surface area contributed by atoms with Crippen LogP contribution in [0.3, 0.4) is 0 Å². The smallest absolute Gasteiger partial charge is 0.0670 e. The number of benzene rings is 1. The van der Waals surface area contributed by atoms with Gasteiger partial charge in [0.1, 0.15) is 0 Å². The van der Waals surface area contributed by atoms with E-state index in [1.165, 1.54) is 5.56 Å². The van der Waals surface area contributed by atoms with Crippen molar-refractivity contribution in [1.82, 2.24) is 9.78 Å². The summed E-state index contributed by atoms with van der Waals surface area (Å²) in [6.45, 7) is 4.77. The SMILES string of the molecule is Cc1nn(C)c(C)c1CNc1ccc(N)c(CC#N)c1. The molecule has 1 heterocycles. The van der Waals surface area contributed by atoms with Crippen LogP contribution in [0, 0.1) is 25.2 Å². The van der Waals surface area contributed by atoms with Gasteiger partial charge in [-0.2, -0.15) is 10.4 Å². The maximum Gasteiger partial charge on any atom is 0.0670 e. The lowest BCUT2D eigenvalue weighted by atomic mass is 10.1. The average Bonchev–Trinajstić information content (AvgIpc) is 2.65. The summed E-state index contributed by atoms with van der Waals surface area (Å²) in [6, 6.07) is 7.82. The van der Waals surface area contributed by atoms with Crippen molar-refractivity contribution in [2.24, 2.45) is 7.05 Å². The molecule has 0 saturated heterocycles. The first-order chi connectivity index (χ1) is 9.52. The van der Waals surface area contributed by atoms with Crippen LogP contribution < -0.4 is 11.1 Å². The summed E-state index contributed by atoms with van der Waals surface area (Å²) in [6.07, 6.45) is 0.326. The third kappa shape index (κ3) is 2.75. The summed E-state index contributed by atoms with van der Waals surface area (Å²) >= 11 is 0. The fourth-order valence-corrected chi connectivity index (χ4v) is 2.22. The molecule has 0 spiro atoms. The van der Waals surface area contributed by atoms with Crippen molar-refractivity contribution in [3.63, 3.8) is 0 Å². The Morgan fingerprint density at radius 3 is 2.75 bits per heavy atom. The van der Waals surface area contributed by atoms with E-state index in [2.05, 4.69) is 23.4 Å². The predicted molar refractivity (Wildman–Crippen MR) is 80.2 cm³/mol. The number of nitrogens with two attached hydrogens (primary N) is 1. The molecule has 3 N–H and O–H groups in total. The molecule has 0 atom stereocenters. The van der Waals surface area contributed by atoms with E-state index in [-0.39, 0.29) is 0 Å². The minimum Gasteiger partial charge on any atom is -0.398 e. The number of aryl methyl sites for hydroxylation is 2. The maximum atomic E-state index is 8.78. The van der Waals surface area contributed by atoms with Crippen molar-refractivity contribution in [1.29, 1.82) is 5.26 Å². The predicted octanol–water partition coefficient (Wildman–Crippen LogP) is 2.30. The molecule has 0 aliphatic carbocycles. The van der Waals surface area contributed by atoms with E-state index in [9.17, 15) is 0 Å². The highest BCUT2D eigenvalue weighted by atomic mass is 15.3. The molecule has 2 aromatic rings. The first-order valence-electron chi connectivity index (χ1n) is 6.51. The molecule has 5 heteroatoms. The van der Waals surface area contributed by atoms with Gasteiger partial charge in [-0.15, -0.1) is 0 Å². The number of nitriles is 1. The second-order valence-corrected chi connectivity index (χ2v) is 4.88. The molecule has 1 aromatic carbocycles. The molecule has 0 fully saturated rings. The zero-order valence-corrected chi connectivity index (χ0v) is 12.1. The molecule has 20 heavy (non-hydrogen) atoms. The van der Waals surface area contributed by atoms with Gasteiger partial charge in [-0.05, 0) is 37.6 Å². The van der Waals surface area contributed by atoms with Crippen LogP contribution >= 0.6 is 0 Å². The standard InChI is InChI=1S/C15H19N5/c1-10-14(11(2)20(3)19-10)9-18-13-4-5-15(17)12(8-13)6-7-16/h4-5,8,18H,6,9,17H2,1-3H3. The van der Waals surface area contributed by atoms with Crippen LogP contribution in [0.2, 0.25) is 0 Å². The largest absolute Gasteiger partial charge is 0.398 e. The number of anilines is 2. The molecule has 1 aromatic heterocycles. The van der Waals surface area contributed by atoms with E-state index < -0.39 is 0 Å². The molecule has 0 radical (unpaired) electrons. The van der Waals surface area contributed by atoms with Crippen molar-refractivity contribution in [3.05, 3.63) is 40.7 Å². The van der Waals surface area contributed by atoms with Crippen LogP contribution in [0.1, 0.15) is 22.5 Å². The number of hydrogen-bond acceptors (Lipinski definition) is 4. The normalized spacial score (nSPS) is 10.3. The number of aromatic nitrogens is 2. The highest BCUT2D eigenvalue weighted by Crippen LogP contribution is 2.20. The number of nitrogen functional groups attached to an aromatic ring is 1. The van der Waals surface area contributed by atoms with Crippen molar-refractivity contribution in [3.8, 4) is 6.07 Å². The van der Waals surface area contributed by atoms with Gasteiger partial charge in [0, 0.05) is 36.2 Å². The second-order valence-electron chi connectivity index (χ2n) is 4.88. The summed E-state index contributed by atoms with van der Waals surface area (Å²) in [5.41, 5.74) is 11.7. The molecule has 0 unspecified atom stereocenters. The highest BCUT2D eigenvalue weighted by Gasteiger charge is 2.09. The van der Waals surface area contributed by atoms with Gasteiger partial charge < -0.3 is 11.1 Å². The van der Waals surface area contributed by atoms with Crippen molar-refractivity contribution in [2.45, 2.75) is 26.8 Å². The molecule has 104 valence electrons. The van der Waals surface area contributed by atoms with E-state index in [1.54, 1.807) is 0 Å². The van der Waals surface area contributed by atoms with Crippen molar-refractivity contribution < 1.29 is 0 Å². The maximum absolute atomic E-state index is 8.78. The first-order valence-corrected chi connectivity index (χ1v) is 6.51. The lowest BCUT2D eigenvalue weighted by Crippen LogP contribution is -2.03. The van der Waals surface area contributed by atoms with Gasteiger partial charge in [-0.25, -0.2) is 0 Å². The Kier molecular flexibility index (Phi) is 3.94. The average molecular weight is 269 g/mol. The van der Waals surface area contributed by atoms with Gasteiger partial charge in [-0.1, -0.05) is 0 Å². The quantitative estimate of drug-likeness (QED) is 0.835. The molecule has 0 bridgehead atoms. The minimum absolute atomic E-state index is 0.326. The lowest BCUT2D eigenvalue weighted by molar-refractivity contribution is 0.730. The van der Waals surface area contributed by atoms with Gasteiger partial charge in [0.25, 0.3) is 0 Å². The Labute approximate surface area is 119 Å². The summed E-state index contributed by atoms with van der Waals surface area (Å²) in [4.78, 5) is 0. The number of rotatable bonds is 4. The zero-order chi connectivity index (χ0) is 14.7. The molecule has 0 aliphatic heterocycles. The molecule has 0 amide bonds. The minimum atomic E-state index is 0.326. The van der Waals surface area contributed by atoms with Gasteiger partial charge in [0.2, 0.25) is 0 Å². The van der Waals surface area contributed by atoms with Crippen LogP contribution in [0.4, 0.5) is 11.4 Å². The summed E-state index contributed by atoms with van der Waals surface area (Å²) in [5, 5.41) is 16.5. The Bertz CT molecular complexity index is 664. The monoisotopic (exact) mass is 269 g/mol. The summed E-state index contributed by atoms with van der Waals surface area (Å²) in [7, 11) is 1.94. The topological polar surface area (TPSA) is 79.7 Å². The molecule has 5 nitrogen and oxygen atoms in total. The van der Waals surface area contributed by atoms with Crippen molar-refractivity contribution in [2.75, 3.05) is 11.1 Å². The third-order valence-corrected chi connectivity index (χ3v) is 3.54. The van der Waals surface area contributed by atoms with Crippen LogP contribution in [0.25, 0.3) is 0 Å². The van der Waals surface area contributed by atoms with E-state index in [0.29, 0.717) is 18.7 Å². The molecule has 0 saturated carbocycles. The van der Waals surface area contributed by atoms with E-state index in [1.807, 2.05) is 36.9 Å². The summed E-state index contributed by atoms with van der Waals surface area (Å²) in [5.74, 6) is 0. The van der Waals surface area contributed by atoms with E-state index >= 15 is 0 Å². The Morgan fingerprint density at radius 2 is 2.15 bits per heavy atom. The lowest BCUT2D eigenvalue weighted by Gasteiger charge is -2.09. The van der Waals surface area contributed by atoms with E-state index in [4.69, 9.17) is 11.0 Å². The van der Waals surface area contributed by atoms with Crippen LogP contribution in [-0.4, -0.2) is 9.78 Å². The van der Waals surface area contributed by atoms with Gasteiger partial charge in [0.15, 0.2) is 0 Å². The molecule has 2 rings (SSSR count). The Hall–Kier alpha value is -2.48. The van der Waals surface area contributed by atoms with Crippen molar-refractivity contribution >= 4 is 11.4 Å². The number of nitrogens with one attached hydrogen (secondary N) is 1. The zero-order valence-electron chi connectivity index (χ0n) is 12.1. The van der Waals surface area contributed by atoms with Gasteiger partial charge in [0.05, 0.1) is 18.2 Å². The van der Waals surface area contributed by atoms with Gasteiger partial charge in [-0.3, -0.25) is 4.68 Å². The van der Waals surface area contributed by atoms with Gasteiger partial charge >= 0.3 is 0 Å². The second kappa shape index (κ2) is 5.66. The van der Waals surface area contributed by atoms with Crippen LogP contribution in [0.15, 0.2) is 18.2 Å². The highest BCUT2D eigenvalue weighted by molar-refractivity contribution is 5.58. The van der Waals surface area contributed by atoms with Crippen LogP contribution in [-0.2, 0) is 20.0 Å². The first kappa shape index (κ1) is 13.9. The Morgan fingerprint density at radius 1 is 1.40 bits per heavy atom. The fourth-order valence-electron chi connectivity index (χ4n) is 2.22. The van der Waals surface area contributed by atoms with E-state index in [0.717, 1.165) is 22.6 Å². The Balaban J connectivity index is 2.15. The number of hydrogen-bond donors (Lipinski definition) is 2. The third-order valence-electron chi connectivity index (χ3n) is 3.54. The summed E-state index contributed by atoms with van der Waals surface area (Å²) < 4.78 is 1.89.